The lowest BCUT2D eigenvalue weighted by molar-refractivity contribution is 0.0911. The number of hydrogen-bond acceptors (Lipinski definition) is 5. The third-order valence-electron chi connectivity index (χ3n) is 7.28. The highest BCUT2D eigenvalue weighted by molar-refractivity contribution is 5.85. The highest BCUT2D eigenvalue weighted by Gasteiger charge is 2.20. The van der Waals surface area contributed by atoms with Crippen LogP contribution in [0.2, 0.25) is 0 Å². The molecule has 1 fully saturated rings. The number of hydrogen-bond donors (Lipinski definition) is 2. The average Bonchev–Trinajstić information content (AvgIpc) is 2.85. The van der Waals surface area contributed by atoms with E-state index in [2.05, 4.69) is 40.1 Å². The quantitative estimate of drug-likeness (QED) is 0.608. The van der Waals surface area contributed by atoms with Gasteiger partial charge in [0.05, 0.1) is 12.6 Å². The summed E-state index contributed by atoms with van der Waals surface area (Å²) >= 11 is 0. The number of anilines is 1. The summed E-state index contributed by atoms with van der Waals surface area (Å²) in [5, 5.41) is 21.7. The summed E-state index contributed by atoms with van der Waals surface area (Å²) in [6.07, 6.45) is 4.20. The number of aliphatic hydroxyl groups is 2. The second-order valence-corrected chi connectivity index (χ2v) is 9.57. The SMILES string of the molecule is O=c1c2ccc(N3CCC(CO)CC3)cc2ccn1C[C@H](O)CN1CCc2ccccc2C1. The van der Waals surface area contributed by atoms with E-state index in [9.17, 15) is 15.0 Å². The van der Waals surface area contributed by atoms with Crippen molar-refractivity contribution in [2.24, 2.45) is 5.92 Å². The molecule has 6 heteroatoms. The van der Waals surface area contributed by atoms with Crippen LogP contribution in [0.3, 0.4) is 0 Å². The molecule has 2 aliphatic rings. The minimum atomic E-state index is -0.600. The summed E-state index contributed by atoms with van der Waals surface area (Å²) in [7, 11) is 0. The summed E-state index contributed by atoms with van der Waals surface area (Å²) in [6.45, 7) is 4.76. The van der Waals surface area contributed by atoms with Crippen molar-refractivity contribution < 1.29 is 10.2 Å². The Hall–Kier alpha value is -2.67. The Morgan fingerprint density at radius 3 is 2.55 bits per heavy atom. The van der Waals surface area contributed by atoms with E-state index >= 15 is 0 Å². The van der Waals surface area contributed by atoms with Crippen LogP contribution in [0.1, 0.15) is 24.0 Å². The van der Waals surface area contributed by atoms with Gasteiger partial charge in [-0.05, 0) is 66.0 Å². The van der Waals surface area contributed by atoms with Gasteiger partial charge in [0.1, 0.15) is 0 Å². The van der Waals surface area contributed by atoms with Crippen molar-refractivity contribution in [3.8, 4) is 0 Å². The number of rotatable bonds is 6. The fraction of sp³-hybridized carbons (Fsp3) is 0.444. The van der Waals surface area contributed by atoms with Crippen LogP contribution in [-0.2, 0) is 19.5 Å². The van der Waals surface area contributed by atoms with E-state index in [1.54, 1.807) is 10.8 Å². The van der Waals surface area contributed by atoms with Gasteiger partial charge in [0, 0.05) is 56.6 Å². The number of piperidine rings is 1. The number of fused-ring (bicyclic) bond motifs is 2. The summed E-state index contributed by atoms with van der Waals surface area (Å²) in [5.74, 6) is 0.403. The normalized spacial score (nSPS) is 18.4. The van der Waals surface area contributed by atoms with Gasteiger partial charge in [0.25, 0.3) is 5.56 Å². The maximum atomic E-state index is 13.1. The Kier molecular flexibility index (Phi) is 6.49. The molecule has 5 rings (SSSR count). The van der Waals surface area contributed by atoms with Crippen molar-refractivity contribution in [1.82, 2.24) is 9.47 Å². The van der Waals surface area contributed by atoms with Crippen LogP contribution in [0.15, 0.2) is 59.5 Å². The lowest BCUT2D eigenvalue weighted by Gasteiger charge is -2.33. The molecule has 1 aromatic heterocycles. The summed E-state index contributed by atoms with van der Waals surface area (Å²) in [6, 6.07) is 16.5. The molecule has 0 spiro atoms. The Balaban J connectivity index is 1.25. The highest BCUT2D eigenvalue weighted by Crippen LogP contribution is 2.25. The molecule has 0 aliphatic carbocycles. The van der Waals surface area contributed by atoms with Gasteiger partial charge in [0.15, 0.2) is 0 Å². The molecule has 0 amide bonds. The molecule has 33 heavy (non-hydrogen) atoms. The van der Waals surface area contributed by atoms with Gasteiger partial charge in [0.2, 0.25) is 0 Å². The zero-order valence-electron chi connectivity index (χ0n) is 19.1. The van der Waals surface area contributed by atoms with Gasteiger partial charge >= 0.3 is 0 Å². The third-order valence-corrected chi connectivity index (χ3v) is 7.28. The Morgan fingerprint density at radius 2 is 1.76 bits per heavy atom. The lowest BCUT2D eigenvalue weighted by Crippen LogP contribution is -2.39. The molecule has 0 unspecified atom stereocenters. The molecule has 3 aromatic rings. The van der Waals surface area contributed by atoms with E-state index in [1.807, 2.05) is 18.2 Å². The van der Waals surface area contributed by atoms with Gasteiger partial charge < -0.3 is 19.7 Å². The van der Waals surface area contributed by atoms with Gasteiger partial charge in [-0.1, -0.05) is 24.3 Å². The zero-order chi connectivity index (χ0) is 22.8. The maximum absolute atomic E-state index is 13.1. The fourth-order valence-corrected chi connectivity index (χ4v) is 5.28. The van der Waals surface area contributed by atoms with Crippen molar-refractivity contribution >= 4 is 16.5 Å². The van der Waals surface area contributed by atoms with Gasteiger partial charge in [-0.2, -0.15) is 0 Å². The van der Waals surface area contributed by atoms with E-state index in [0.29, 0.717) is 24.4 Å². The van der Waals surface area contributed by atoms with Crippen molar-refractivity contribution in [3.05, 3.63) is 76.2 Å². The summed E-state index contributed by atoms with van der Waals surface area (Å²) in [4.78, 5) is 17.7. The van der Waals surface area contributed by atoms with Crippen LogP contribution in [0.4, 0.5) is 5.69 Å². The first kappa shape index (κ1) is 22.1. The molecular formula is C27H33N3O3. The molecular weight excluding hydrogens is 414 g/mol. The molecule has 1 atom stereocenters. The smallest absolute Gasteiger partial charge is 0.258 e. The van der Waals surface area contributed by atoms with E-state index in [4.69, 9.17) is 0 Å². The third kappa shape index (κ3) is 4.83. The van der Waals surface area contributed by atoms with Crippen LogP contribution >= 0.6 is 0 Å². The first-order valence-corrected chi connectivity index (χ1v) is 12.1. The van der Waals surface area contributed by atoms with Crippen molar-refractivity contribution in [2.45, 2.75) is 38.5 Å². The van der Waals surface area contributed by atoms with Crippen molar-refractivity contribution in [3.63, 3.8) is 0 Å². The van der Waals surface area contributed by atoms with E-state index < -0.39 is 6.10 Å². The minimum Gasteiger partial charge on any atom is -0.396 e. The number of aliphatic hydroxyl groups excluding tert-OH is 2. The molecule has 6 nitrogen and oxygen atoms in total. The molecule has 2 N–H and O–H groups in total. The van der Waals surface area contributed by atoms with E-state index in [0.717, 1.165) is 56.5 Å². The molecule has 2 aliphatic heterocycles. The zero-order valence-corrected chi connectivity index (χ0v) is 19.1. The van der Waals surface area contributed by atoms with Crippen LogP contribution in [-0.4, -0.2) is 58.6 Å². The molecule has 0 radical (unpaired) electrons. The average molecular weight is 448 g/mol. The molecule has 2 aromatic carbocycles. The number of pyridine rings is 1. The monoisotopic (exact) mass is 447 g/mol. The topological polar surface area (TPSA) is 68.9 Å². The second kappa shape index (κ2) is 9.67. The maximum Gasteiger partial charge on any atom is 0.258 e. The Morgan fingerprint density at radius 1 is 0.970 bits per heavy atom. The van der Waals surface area contributed by atoms with Gasteiger partial charge in [-0.25, -0.2) is 0 Å². The summed E-state index contributed by atoms with van der Waals surface area (Å²) in [5.41, 5.74) is 3.80. The van der Waals surface area contributed by atoms with Crippen LogP contribution in [0, 0.1) is 5.92 Å². The number of benzene rings is 2. The minimum absolute atomic E-state index is 0.0546. The first-order valence-electron chi connectivity index (χ1n) is 12.1. The predicted octanol–water partition coefficient (Wildman–Crippen LogP) is 2.63. The Labute approximate surface area is 194 Å². The number of aromatic nitrogens is 1. The van der Waals surface area contributed by atoms with Crippen LogP contribution in [0.5, 0.6) is 0 Å². The van der Waals surface area contributed by atoms with Gasteiger partial charge in [-0.3, -0.25) is 9.69 Å². The van der Waals surface area contributed by atoms with Crippen molar-refractivity contribution in [1.29, 1.82) is 0 Å². The van der Waals surface area contributed by atoms with Crippen molar-refractivity contribution in [2.75, 3.05) is 37.7 Å². The fourth-order valence-electron chi connectivity index (χ4n) is 5.28. The van der Waals surface area contributed by atoms with E-state index in [1.165, 1.54) is 11.1 Å². The second-order valence-electron chi connectivity index (χ2n) is 9.57. The van der Waals surface area contributed by atoms with Crippen LogP contribution < -0.4 is 10.5 Å². The predicted molar refractivity (Wildman–Crippen MR) is 132 cm³/mol. The molecule has 174 valence electrons. The molecule has 3 heterocycles. The van der Waals surface area contributed by atoms with Gasteiger partial charge in [-0.15, -0.1) is 0 Å². The highest BCUT2D eigenvalue weighted by atomic mass is 16.3. The summed E-state index contributed by atoms with van der Waals surface area (Å²) < 4.78 is 1.64. The van der Waals surface area contributed by atoms with E-state index in [-0.39, 0.29) is 12.2 Å². The standard InChI is InChI=1S/C27H33N3O3/c31-19-20-7-12-29(13-8-20)24-5-6-26-22(15-24)10-14-30(27(26)33)18-25(32)17-28-11-9-21-3-1-2-4-23(21)16-28/h1-6,10,14-15,20,25,31-32H,7-9,11-13,16-19H2/t25-/m1/s1. The molecule has 0 saturated carbocycles. The molecule has 1 saturated heterocycles. The van der Waals surface area contributed by atoms with Crippen LogP contribution in [0.25, 0.3) is 10.8 Å². The number of β-amino-alcohol motifs (C(OH)–C–C–N with tert-alkyl or cyclic N) is 1. The first-order chi connectivity index (χ1) is 16.1. The molecule has 0 bridgehead atoms. The Bertz CT molecular complexity index is 1170. The largest absolute Gasteiger partial charge is 0.396 e. The lowest BCUT2D eigenvalue weighted by atomic mass is 9.97. The number of nitrogens with zero attached hydrogens (tertiary/aromatic N) is 3.